The molecule has 0 bridgehead atoms. The monoisotopic (exact) mass is 423 g/mol. The molecule has 2 aliphatic rings. The molecule has 0 radical (unpaired) electrons. The largest absolute Gasteiger partial charge is 0.378 e. The van der Waals surface area contributed by atoms with Crippen LogP contribution in [-0.4, -0.2) is 79.7 Å². The molecular weight excluding hydrogens is 396 g/mol. The number of nitriles is 1. The minimum Gasteiger partial charge on any atom is -0.378 e. The molecule has 2 aromatic heterocycles. The zero-order valence-electron chi connectivity index (χ0n) is 17.9. The number of nitrogens with one attached hydrogen (secondary N) is 1. The lowest BCUT2D eigenvalue weighted by atomic mass is 10.1. The van der Waals surface area contributed by atoms with E-state index in [2.05, 4.69) is 11.9 Å². The number of hydrogen-bond donors (Lipinski definition) is 1. The highest BCUT2D eigenvalue weighted by Gasteiger charge is 2.26. The Morgan fingerprint density at radius 2 is 1.97 bits per heavy atom. The number of carbonyl (C=O) groups excluding carboxylic acids is 1. The number of quaternary nitrogens is 1. The smallest absolute Gasteiger partial charge is 0.267 e. The average molecular weight is 423 g/mol. The second-order valence-electron chi connectivity index (χ2n) is 8.06. The van der Waals surface area contributed by atoms with Gasteiger partial charge in [0.1, 0.15) is 23.1 Å². The standard InChI is InChI=1S/C22H26N6O3/c1-16-4-3-5-28-19(16)24-20(26-8-6-25(2)7-9-26)18(22(28)30)14-17(15-23)21(29)27-10-12-31-13-11-27/h3-5,14H,6-13H2,1-2H3/p+1/b17-14+. The molecule has 1 amide bonds. The van der Waals surface area contributed by atoms with Crippen molar-refractivity contribution in [3.8, 4) is 6.07 Å². The van der Waals surface area contributed by atoms with E-state index in [4.69, 9.17) is 9.72 Å². The molecule has 2 saturated heterocycles. The summed E-state index contributed by atoms with van der Waals surface area (Å²) in [6.45, 7) is 7.02. The molecule has 2 fully saturated rings. The molecule has 0 spiro atoms. The summed E-state index contributed by atoms with van der Waals surface area (Å²) in [6, 6.07) is 5.71. The Balaban J connectivity index is 1.84. The van der Waals surface area contributed by atoms with Crippen LogP contribution in [0.1, 0.15) is 11.1 Å². The first-order valence-electron chi connectivity index (χ1n) is 10.6. The van der Waals surface area contributed by atoms with Crippen molar-refractivity contribution in [1.29, 1.82) is 5.26 Å². The van der Waals surface area contributed by atoms with Crippen LogP contribution in [0.15, 0.2) is 28.7 Å². The Hall–Kier alpha value is -3.22. The number of piperazine rings is 1. The molecular formula is C22H27N6O3+. The number of likely N-dealkylation sites (N-methyl/N-ethyl adjacent to an activating group) is 1. The summed E-state index contributed by atoms with van der Waals surface area (Å²) in [5.41, 5.74) is 1.41. The van der Waals surface area contributed by atoms with Crippen LogP contribution < -0.4 is 15.4 Å². The average Bonchev–Trinajstić information content (AvgIpc) is 2.80. The highest BCUT2D eigenvalue weighted by Crippen LogP contribution is 2.21. The van der Waals surface area contributed by atoms with Crippen LogP contribution in [0, 0.1) is 18.3 Å². The lowest BCUT2D eigenvalue weighted by Crippen LogP contribution is -3.12. The predicted octanol–water partition coefficient (Wildman–Crippen LogP) is -0.897. The van der Waals surface area contributed by atoms with E-state index >= 15 is 0 Å². The first kappa shape index (κ1) is 21.0. The van der Waals surface area contributed by atoms with Gasteiger partial charge in [0.05, 0.1) is 52.0 Å². The highest BCUT2D eigenvalue weighted by molar-refractivity contribution is 6.02. The summed E-state index contributed by atoms with van der Waals surface area (Å²) in [5.74, 6) is 0.155. The SMILES string of the molecule is Cc1cccn2c(=O)c(/C=C(\C#N)C(=O)N3CCOCC3)c(N3CC[NH+](C)CC3)nc12. The van der Waals surface area contributed by atoms with E-state index in [1.165, 1.54) is 15.4 Å². The Bertz CT molecular complexity index is 1120. The van der Waals surface area contributed by atoms with Crippen molar-refractivity contribution in [2.75, 3.05) is 64.4 Å². The predicted molar refractivity (Wildman–Crippen MR) is 116 cm³/mol. The van der Waals surface area contributed by atoms with E-state index in [1.54, 1.807) is 17.2 Å². The first-order chi connectivity index (χ1) is 15.0. The zero-order chi connectivity index (χ0) is 22.0. The molecule has 0 aliphatic carbocycles. The Morgan fingerprint density at radius 1 is 1.26 bits per heavy atom. The summed E-state index contributed by atoms with van der Waals surface area (Å²) >= 11 is 0. The van der Waals surface area contributed by atoms with Crippen molar-refractivity contribution in [2.24, 2.45) is 0 Å². The van der Waals surface area contributed by atoms with E-state index in [-0.39, 0.29) is 22.6 Å². The van der Waals surface area contributed by atoms with Crippen molar-refractivity contribution < 1.29 is 14.4 Å². The topological polar surface area (TPSA) is 95.4 Å². The van der Waals surface area contributed by atoms with Crippen LogP contribution in [-0.2, 0) is 9.53 Å². The Kier molecular flexibility index (Phi) is 6.02. The van der Waals surface area contributed by atoms with E-state index in [0.717, 1.165) is 31.7 Å². The molecule has 0 saturated carbocycles. The van der Waals surface area contributed by atoms with Gasteiger partial charge in [-0.25, -0.2) is 4.98 Å². The third kappa shape index (κ3) is 4.17. The van der Waals surface area contributed by atoms with Gasteiger partial charge in [-0.3, -0.25) is 14.0 Å². The maximum Gasteiger partial charge on any atom is 0.267 e. The number of carbonyl (C=O) groups is 1. The number of morpholine rings is 1. The lowest BCUT2D eigenvalue weighted by Gasteiger charge is -2.32. The van der Waals surface area contributed by atoms with E-state index in [9.17, 15) is 14.9 Å². The molecule has 162 valence electrons. The fourth-order valence-corrected chi connectivity index (χ4v) is 3.99. The normalized spacial score (nSPS) is 18.3. The van der Waals surface area contributed by atoms with Gasteiger partial charge in [-0.1, -0.05) is 6.07 Å². The van der Waals surface area contributed by atoms with Gasteiger partial charge in [0.15, 0.2) is 0 Å². The van der Waals surface area contributed by atoms with Crippen LogP contribution >= 0.6 is 0 Å². The van der Waals surface area contributed by atoms with Gasteiger partial charge < -0.3 is 19.4 Å². The third-order valence-corrected chi connectivity index (χ3v) is 5.92. The number of rotatable bonds is 3. The minimum atomic E-state index is -0.381. The fraction of sp³-hybridized carbons (Fsp3) is 0.455. The molecule has 0 atom stereocenters. The molecule has 9 heteroatoms. The van der Waals surface area contributed by atoms with Crippen molar-refractivity contribution in [3.05, 3.63) is 45.4 Å². The van der Waals surface area contributed by atoms with Gasteiger partial charge in [0.25, 0.3) is 11.5 Å². The minimum absolute atomic E-state index is 0.0607. The number of hydrogen-bond acceptors (Lipinski definition) is 6. The maximum absolute atomic E-state index is 13.5. The number of anilines is 1. The molecule has 4 rings (SSSR count). The fourth-order valence-electron chi connectivity index (χ4n) is 3.99. The van der Waals surface area contributed by atoms with Gasteiger partial charge >= 0.3 is 0 Å². The molecule has 2 aliphatic heterocycles. The summed E-state index contributed by atoms with van der Waals surface area (Å²) < 4.78 is 6.79. The van der Waals surface area contributed by atoms with Crippen LogP contribution in [0.3, 0.4) is 0 Å². The van der Waals surface area contributed by atoms with Crippen molar-refractivity contribution >= 4 is 23.4 Å². The molecule has 0 unspecified atom stereocenters. The first-order valence-corrected chi connectivity index (χ1v) is 10.6. The molecule has 2 aromatic rings. The number of aryl methyl sites for hydroxylation is 1. The molecule has 9 nitrogen and oxygen atoms in total. The lowest BCUT2D eigenvalue weighted by molar-refractivity contribution is -0.880. The highest BCUT2D eigenvalue weighted by atomic mass is 16.5. The van der Waals surface area contributed by atoms with Gasteiger partial charge in [-0.2, -0.15) is 5.26 Å². The second-order valence-corrected chi connectivity index (χ2v) is 8.06. The van der Waals surface area contributed by atoms with Gasteiger partial charge in [0, 0.05) is 19.3 Å². The van der Waals surface area contributed by atoms with Gasteiger partial charge in [-0.15, -0.1) is 0 Å². The number of amides is 1. The van der Waals surface area contributed by atoms with E-state index < -0.39 is 0 Å². The molecule has 0 aromatic carbocycles. The van der Waals surface area contributed by atoms with Crippen molar-refractivity contribution in [1.82, 2.24) is 14.3 Å². The van der Waals surface area contributed by atoms with Crippen LogP contribution in [0.4, 0.5) is 5.82 Å². The maximum atomic E-state index is 13.5. The number of pyridine rings is 1. The number of fused-ring (bicyclic) bond motifs is 1. The van der Waals surface area contributed by atoms with Crippen molar-refractivity contribution in [2.45, 2.75) is 6.92 Å². The summed E-state index contributed by atoms with van der Waals surface area (Å²) in [7, 11) is 2.14. The third-order valence-electron chi connectivity index (χ3n) is 5.92. The van der Waals surface area contributed by atoms with Gasteiger partial charge in [-0.05, 0) is 24.6 Å². The van der Waals surface area contributed by atoms with E-state index in [0.29, 0.717) is 37.8 Å². The Morgan fingerprint density at radius 3 is 2.65 bits per heavy atom. The number of aromatic nitrogens is 2. The zero-order valence-corrected chi connectivity index (χ0v) is 17.9. The summed E-state index contributed by atoms with van der Waals surface area (Å²) in [5, 5.41) is 9.73. The molecule has 4 heterocycles. The molecule has 31 heavy (non-hydrogen) atoms. The van der Waals surface area contributed by atoms with Crippen LogP contribution in [0.5, 0.6) is 0 Å². The van der Waals surface area contributed by atoms with Crippen molar-refractivity contribution in [3.63, 3.8) is 0 Å². The van der Waals surface area contributed by atoms with Gasteiger partial charge in [0.2, 0.25) is 0 Å². The second kappa shape index (κ2) is 8.88. The van der Waals surface area contributed by atoms with Crippen LogP contribution in [0.2, 0.25) is 0 Å². The number of nitrogens with zero attached hydrogens (tertiary/aromatic N) is 5. The quantitative estimate of drug-likeness (QED) is 0.508. The number of ether oxygens (including phenoxy) is 1. The summed E-state index contributed by atoms with van der Waals surface area (Å²) in [4.78, 5) is 36.3. The molecule has 1 N–H and O–H groups in total. The van der Waals surface area contributed by atoms with E-state index in [1.807, 2.05) is 19.1 Å². The summed E-state index contributed by atoms with van der Waals surface area (Å²) in [6.07, 6.45) is 3.09. The Labute approximate surface area is 180 Å². The van der Waals surface area contributed by atoms with Crippen LogP contribution in [0.25, 0.3) is 11.7 Å².